The first kappa shape index (κ1) is 20.7. The van der Waals surface area contributed by atoms with Gasteiger partial charge in [0.15, 0.2) is 0 Å². The second kappa shape index (κ2) is 9.04. The van der Waals surface area contributed by atoms with Crippen molar-refractivity contribution in [3.63, 3.8) is 0 Å². The molecule has 0 saturated carbocycles. The fraction of sp³-hybridized carbons (Fsp3) is 0.0435. The molecule has 0 aliphatic heterocycles. The van der Waals surface area contributed by atoms with Crippen molar-refractivity contribution in [2.24, 2.45) is 5.10 Å². The molecule has 3 aromatic carbocycles. The number of nitrogens with zero attached hydrogens (tertiary/aromatic N) is 1. The van der Waals surface area contributed by atoms with Crippen LogP contribution in [0.5, 0.6) is 0 Å². The Morgan fingerprint density at radius 2 is 1.80 bits per heavy atom. The lowest BCUT2D eigenvalue weighted by Gasteiger charge is -2.07. The molecule has 0 fully saturated rings. The maximum Gasteiger partial charge on any atom is 0.244 e. The van der Waals surface area contributed by atoms with E-state index in [1.165, 1.54) is 6.21 Å². The molecular formula is C23H15BrCl2N2O2. The number of carbonyl (C=O) groups excluding carboxylic acids is 1. The number of benzene rings is 3. The smallest absolute Gasteiger partial charge is 0.244 e. The predicted molar refractivity (Wildman–Crippen MR) is 125 cm³/mol. The summed E-state index contributed by atoms with van der Waals surface area (Å²) in [5.74, 6) is 0.920. The third kappa shape index (κ3) is 4.59. The van der Waals surface area contributed by atoms with Crippen LogP contribution < -0.4 is 5.43 Å². The van der Waals surface area contributed by atoms with Crippen molar-refractivity contribution >= 4 is 62.0 Å². The second-order valence-electron chi connectivity index (χ2n) is 6.55. The number of hydrazone groups is 1. The van der Waals surface area contributed by atoms with E-state index in [1.807, 2.05) is 42.5 Å². The second-order valence-corrected chi connectivity index (χ2v) is 8.22. The van der Waals surface area contributed by atoms with Gasteiger partial charge >= 0.3 is 0 Å². The molecule has 7 heteroatoms. The van der Waals surface area contributed by atoms with Gasteiger partial charge < -0.3 is 4.42 Å². The summed E-state index contributed by atoms with van der Waals surface area (Å²) in [5.41, 5.74) is 4.28. The first-order valence-electron chi connectivity index (χ1n) is 9.04. The molecule has 30 heavy (non-hydrogen) atoms. The van der Waals surface area contributed by atoms with Crippen molar-refractivity contribution in [3.05, 3.63) is 92.6 Å². The Labute approximate surface area is 191 Å². The van der Waals surface area contributed by atoms with E-state index in [0.29, 0.717) is 21.6 Å². The topological polar surface area (TPSA) is 54.6 Å². The van der Waals surface area contributed by atoms with Crippen LogP contribution in [-0.2, 0) is 11.2 Å². The molecule has 1 N–H and O–H groups in total. The lowest BCUT2D eigenvalue weighted by molar-refractivity contribution is -0.120. The van der Waals surface area contributed by atoms with Crippen molar-refractivity contribution in [1.29, 1.82) is 0 Å². The van der Waals surface area contributed by atoms with Crippen molar-refractivity contribution in [1.82, 2.24) is 5.43 Å². The van der Waals surface area contributed by atoms with Crippen molar-refractivity contribution in [2.75, 3.05) is 0 Å². The molecule has 150 valence electrons. The minimum atomic E-state index is -0.213. The van der Waals surface area contributed by atoms with Crippen molar-refractivity contribution in [2.45, 2.75) is 6.42 Å². The van der Waals surface area contributed by atoms with E-state index in [4.69, 9.17) is 27.6 Å². The zero-order chi connectivity index (χ0) is 21.1. The molecule has 4 rings (SSSR count). The highest BCUT2D eigenvalue weighted by Crippen LogP contribution is 2.29. The van der Waals surface area contributed by atoms with Crippen LogP contribution in [0.25, 0.3) is 22.1 Å². The number of amides is 1. The highest BCUT2D eigenvalue weighted by Gasteiger charge is 2.09. The van der Waals surface area contributed by atoms with E-state index in [2.05, 4.69) is 26.5 Å². The van der Waals surface area contributed by atoms with Crippen LogP contribution >= 0.6 is 39.1 Å². The summed E-state index contributed by atoms with van der Waals surface area (Å²) in [6.07, 6.45) is 1.68. The Morgan fingerprint density at radius 3 is 2.60 bits per heavy atom. The van der Waals surface area contributed by atoms with Crippen molar-refractivity contribution in [3.8, 4) is 11.3 Å². The normalized spacial score (nSPS) is 11.3. The Kier molecular flexibility index (Phi) is 6.23. The van der Waals surface area contributed by atoms with Gasteiger partial charge in [0.05, 0.1) is 22.7 Å². The molecule has 0 bridgehead atoms. The summed E-state index contributed by atoms with van der Waals surface area (Å²) < 4.78 is 6.72. The van der Waals surface area contributed by atoms with Gasteiger partial charge in [0, 0.05) is 10.0 Å². The summed E-state index contributed by atoms with van der Waals surface area (Å²) in [7, 11) is 0. The lowest BCUT2D eigenvalue weighted by Crippen LogP contribution is -2.19. The monoisotopic (exact) mass is 500 g/mol. The minimum Gasteiger partial charge on any atom is -0.455 e. The van der Waals surface area contributed by atoms with E-state index >= 15 is 0 Å². The predicted octanol–water partition coefficient (Wildman–Crippen LogP) is 6.86. The van der Waals surface area contributed by atoms with Crippen LogP contribution in [0.2, 0.25) is 10.0 Å². The SMILES string of the molecule is O=C(Cc1ccc(Br)c2ccccc12)NN=Cc1ccc(-c2ccc(Cl)c(Cl)c2)o1. The Morgan fingerprint density at radius 1 is 1.00 bits per heavy atom. The number of halogens is 3. The average Bonchev–Trinajstić information content (AvgIpc) is 3.21. The zero-order valence-electron chi connectivity index (χ0n) is 15.5. The number of furan rings is 1. The van der Waals surface area contributed by atoms with Gasteiger partial charge in [0.2, 0.25) is 5.91 Å². The highest BCUT2D eigenvalue weighted by atomic mass is 79.9. The molecule has 0 spiro atoms. The van der Waals surface area contributed by atoms with Gasteiger partial charge in [-0.3, -0.25) is 4.79 Å². The van der Waals surface area contributed by atoms with Crippen LogP contribution in [0.3, 0.4) is 0 Å². The molecule has 0 saturated heterocycles. The van der Waals surface area contributed by atoms with Crippen LogP contribution in [0.4, 0.5) is 0 Å². The lowest BCUT2D eigenvalue weighted by atomic mass is 10.0. The summed E-state index contributed by atoms with van der Waals surface area (Å²) in [6.45, 7) is 0. The molecule has 1 aromatic heterocycles. The molecule has 1 amide bonds. The van der Waals surface area contributed by atoms with Crippen LogP contribution in [0.1, 0.15) is 11.3 Å². The fourth-order valence-electron chi connectivity index (χ4n) is 3.09. The molecule has 0 aliphatic carbocycles. The number of hydrogen-bond donors (Lipinski definition) is 1. The largest absolute Gasteiger partial charge is 0.455 e. The molecule has 0 aliphatic rings. The molecule has 0 unspecified atom stereocenters. The first-order chi connectivity index (χ1) is 14.5. The van der Waals surface area contributed by atoms with Gasteiger partial charge in [-0.1, -0.05) is 69.5 Å². The fourth-order valence-corrected chi connectivity index (χ4v) is 3.86. The van der Waals surface area contributed by atoms with E-state index < -0.39 is 0 Å². The summed E-state index contributed by atoms with van der Waals surface area (Å²) in [4.78, 5) is 12.3. The molecule has 4 nitrogen and oxygen atoms in total. The number of fused-ring (bicyclic) bond motifs is 1. The van der Waals surface area contributed by atoms with Gasteiger partial charge in [-0.15, -0.1) is 0 Å². The Hall–Kier alpha value is -2.60. The van der Waals surface area contributed by atoms with E-state index in [0.717, 1.165) is 26.4 Å². The quantitative estimate of drug-likeness (QED) is 0.240. The van der Waals surface area contributed by atoms with E-state index in [9.17, 15) is 4.79 Å². The van der Waals surface area contributed by atoms with Gasteiger partial charge in [0.1, 0.15) is 11.5 Å². The maximum absolute atomic E-state index is 12.3. The maximum atomic E-state index is 12.3. The molecule has 1 heterocycles. The first-order valence-corrected chi connectivity index (χ1v) is 10.6. The minimum absolute atomic E-state index is 0.213. The Balaban J connectivity index is 1.42. The number of nitrogens with one attached hydrogen (secondary N) is 1. The molecule has 0 radical (unpaired) electrons. The summed E-state index contributed by atoms with van der Waals surface area (Å²) in [5, 5.41) is 7.03. The third-order valence-corrected chi connectivity index (χ3v) is 5.95. The zero-order valence-corrected chi connectivity index (χ0v) is 18.6. The van der Waals surface area contributed by atoms with Crippen LogP contribution in [0, 0.1) is 0 Å². The number of hydrogen-bond acceptors (Lipinski definition) is 3. The van der Waals surface area contributed by atoms with Crippen LogP contribution in [0.15, 0.2) is 80.7 Å². The van der Waals surface area contributed by atoms with Crippen LogP contribution in [-0.4, -0.2) is 12.1 Å². The van der Waals surface area contributed by atoms with Gasteiger partial charge in [0.25, 0.3) is 0 Å². The highest BCUT2D eigenvalue weighted by molar-refractivity contribution is 9.10. The molecule has 0 atom stereocenters. The van der Waals surface area contributed by atoms with E-state index in [1.54, 1.807) is 24.3 Å². The van der Waals surface area contributed by atoms with Gasteiger partial charge in [-0.2, -0.15) is 5.10 Å². The van der Waals surface area contributed by atoms with Crippen molar-refractivity contribution < 1.29 is 9.21 Å². The Bertz CT molecular complexity index is 1270. The third-order valence-electron chi connectivity index (χ3n) is 4.52. The standard InChI is InChI=1S/C23H15BrCl2N2O2/c24-19-8-5-14(17-3-1-2-4-18(17)19)12-23(29)28-27-13-16-7-10-22(30-16)15-6-9-20(25)21(26)11-15/h1-11,13H,12H2,(H,28,29). The van der Waals surface area contributed by atoms with Gasteiger partial charge in [-0.05, 0) is 52.7 Å². The summed E-state index contributed by atoms with van der Waals surface area (Å²) >= 11 is 15.5. The molecule has 4 aromatic rings. The summed E-state index contributed by atoms with van der Waals surface area (Å²) in [6, 6.07) is 20.6. The number of rotatable bonds is 5. The number of carbonyl (C=O) groups is 1. The molecular weight excluding hydrogens is 487 g/mol. The van der Waals surface area contributed by atoms with Gasteiger partial charge in [-0.25, -0.2) is 5.43 Å². The average molecular weight is 502 g/mol. The van der Waals surface area contributed by atoms with E-state index in [-0.39, 0.29) is 12.3 Å².